The fraction of sp³-hybridized carbons (Fsp3) is 0.429. The lowest BCUT2D eigenvalue weighted by atomic mass is 9.85. The topological polar surface area (TPSA) is 8.17 Å². The van der Waals surface area contributed by atoms with E-state index >= 15 is 0 Å². The number of nitrogens with zero attached hydrogens (tertiary/aromatic N) is 2. The molecule has 3 heteroatoms. The van der Waals surface area contributed by atoms with Crippen LogP contribution in [0.3, 0.4) is 0 Å². The van der Waals surface area contributed by atoms with Crippen LogP contribution in [0.1, 0.15) is 18.9 Å². The summed E-state index contributed by atoms with van der Waals surface area (Å²) in [6.45, 7) is 0. The van der Waals surface area contributed by atoms with Crippen LogP contribution in [-0.4, -0.2) is 29.6 Å². The highest BCUT2D eigenvalue weighted by Crippen LogP contribution is 2.37. The molecule has 0 unspecified atom stereocenters. The lowest BCUT2D eigenvalue weighted by Gasteiger charge is -2.40. The second-order valence-electron chi connectivity index (χ2n) is 5.17. The third-order valence-corrected chi connectivity index (χ3v) is 3.89. The molecule has 2 aromatic rings. The van der Waals surface area contributed by atoms with E-state index in [1.807, 2.05) is 12.1 Å². The summed E-state index contributed by atoms with van der Waals surface area (Å²) < 4.78 is 15.4. The number of benzene rings is 1. The maximum absolute atomic E-state index is 13.1. The van der Waals surface area contributed by atoms with Crippen LogP contribution in [-0.2, 0) is 0 Å². The van der Waals surface area contributed by atoms with Crippen molar-refractivity contribution in [3.8, 4) is 0 Å². The first-order valence-corrected chi connectivity index (χ1v) is 6.07. The minimum Gasteiger partial charge on any atom is -0.344 e. The van der Waals surface area contributed by atoms with E-state index in [1.54, 1.807) is 12.1 Å². The largest absolute Gasteiger partial charge is 0.344 e. The maximum Gasteiger partial charge on any atom is 0.123 e. The first kappa shape index (κ1) is 10.8. The molecule has 0 radical (unpaired) electrons. The molecular weight excluding hydrogens is 215 g/mol. The molecule has 0 spiro atoms. The summed E-state index contributed by atoms with van der Waals surface area (Å²) >= 11 is 0. The van der Waals surface area contributed by atoms with Gasteiger partial charge in [-0.15, -0.1) is 0 Å². The first-order chi connectivity index (χ1) is 8.15. The Bertz CT molecular complexity index is 538. The second-order valence-corrected chi connectivity index (χ2v) is 5.17. The lowest BCUT2D eigenvalue weighted by molar-refractivity contribution is 0.132. The van der Waals surface area contributed by atoms with Gasteiger partial charge in [-0.05, 0) is 51.2 Å². The van der Waals surface area contributed by atoms with E-state index in [9.17, 15) is 4.39 Å². The molecular formula is C14H17FN2. The van der Waals surface area contributed by atoms with Crippen LogP contribution in [0.2, 0.25) is 0 Å². The summed E-state index contributed by atoms with van der Waals surface area (Å²) in [7, 11) is 4.26. The molecule has 90 valence electrons. The minimum atomic E-state index is -0.157. The Kier molecular flexibility index (Phi) is 2.44. The molecule has 1 aliphatic rings. The molecule has 0 atom stereocenters. The highest BCUT2D eigenvalue weighted by Gasteiger charge is 2.32. The Morgan fingerprint density at radius 2 is 2.00 bits per heavy atom. The van der Waals surface area contributed by atoms with Crippen molar-refractivity contribution in [2.45, 2.75) is 24.9 Å². The van der Waals surface area contributed by atoms with Crippen molar-refractivity contribution in [3.05, 3.63) is 36.3 Å². The van der Waals surface area contributed by atoms with E-state index in [-0.39, 0.29) is 5.82 Å². The van der Waals surface area contributed by atoms with Gasteiger partial charge in [0.25, 0.3) is 0 Å². The Labute approximate surface area is 101 Å². The monoisotopic (exact) mass is 232 g/mol. The molecule has 17 heavy (non-hydrogen) atoms. The summed E-state index contributed by atoms with van der Waals surface area (Å²) in [4.78, 5) is 2.28. The molecule has 0 amide bonds. The van der Waals surface area contributed by atoms with Crippen LogP contribution in [0, 0.1) is 5.82 Å². The van der Waals surface area contributed by atoms with Gasteiger partial charge in [-0.25, -0.2) is 4.39 Å². The second kappa shape index (κ2) is 3.84. The predicted molar refractivity (Wildman–Crippen MR) is 67.6 cm³/mol. The van der Waals surface area contributed by atoms with Gasteiger partial charge in [0.15, 0.2) is 0 Å². The van der Waals surface area contributed by atoms with Crippen molar-refractivity contribution in [2.75, 3.05) is 14.1 Å². The summed E-state index contributed by atoms with van der Waals surface area (Å²) in [5.41, 5.74) is 1.15. The average molecular weight is 232 g/mol. The molecule has 3 rings (SSSR count). The molecule has 1 aliphatic carbocycles. The standard InChI is InChI=1S/C14H17FN2/c1-16(2)12-8-13(9-12)17-6-5-10-7-11(15)3-4-14(10)17/h3-7,12-13H,8-9H2,1-2H3. The van der Waals surface area contributed by atoms with Gasteiger partial charge in [0.2, 0.25) is 0 Å². The van der Waals surface area contributed by atoms with Gasteiger partial charge >= 0.3 is 0 Å². The molecule has 1 heterocycles. The fourth-order valence-corrected chi connectivity index (χ4v) is 2.66. The van der Waals surface area contributed by atoms with Gasteiger partial charge in [0.05, 0.1) is 0 Å². The minimum absolute atomic E-state index is 0.157. The molecule has 0 aliphatic heterocycles. The normalized spacial score (nSPS) is 24.2. The number of hydrogen-bond donors (Lipinski definition) is 0. The Hall–Kier alpha value is -1.35. The fourth-order valence-electron chi connectivity index (χ4n) is 2.66. The SMILES string of the molecule is CN(C)C1CC(n2ccc3cc(F)ccc32)C1. The van der Waals surface area contributed by atoms with Crippen molar-refractivity contribution in [1.29, 1.82) is 0 Å². The van der Waals surface area contributed by atoms with Crippen LogP contribution < -0.4 is 0 Å². The zero-order chi connectivity index (χ0) is 12.0. The van der Waals surface area contributed by atoms with Crippen LogP contribution in [0.15, 0.2) is 30.5 Å². The van der Waals surface area contributed by atoms with Gasteiger partial charge in [-0.1, -0.05) is 0 Å². The van der Waals surface area contributed by atoms with E-state index in [0.29, 0.717) is 12.1 Å². The molecule has 1 fully saturated rings. The highest BCUT2D eigenvalue weighted by molar-refractivity contribution is 5.80. The number of aromatic nitrogens is 1. The van der Waals surface area contributed by atoms with E-state index in [2.05, 4.69) is 29.8 Å². The zero-order valence-electron chi connectivity index (χ0n) is 10.2. The number of fused-ring (bicyclic) bond motifs is 1. The van der Waals surface area contributed by atoms with Crippen molar-refractivity contribution in [1.82, 2.24) is 9.47 Å². The molecule has 0 saturated heterocycles. The van der Waals surface area contributed by atoms with E-state index in [4.69, 9.17) is 0 Å². The Morgan fingerprint density at radius 1 is 1.24 bits per heavy atom. The number of rotatable bonds is 2. The van der Waals surface area contributed by atoms with Gasteiger partial charge in [0.1, 0.15) is 5.82 Å². The average Bonchev–Trinajstić information content (AvgIpc) is 2.58. The van der Waals surface area contributed by atoms with Crippen molar-refractivity contribution in [2.24, 2.45) is 0 Å². The molecule has 0 N–H and O–H groups in total. The van der Waals surface area contributed by atoms with Crippen LogP contribution in [0.4, 0.5) is 4.39 Å². The predicted octanol–water partition coefficient (Wildman–Crippen LogP) is 3.05. The number of halogens is 1. The smallest absolute Gasteiger partial charge is 0.123 e. The van der Waals surface area contributed by atoms with Crippen molar-refractivity contribution < 1.29 is 4.39 Å². The van der Waals surface area contributed by atoms with Crippen molar-refractivity contribution in [3.63, 3.8) is 0 Å². The van der Waals surface area contributed by atoms with Crippen molar-refractivity contribution >= 4 is 10.9 Å². The molecule has 2 nitrogen and oxygen atoms in total. The third-order valence-electron chi connectivity index (χ3n) is 3.89. The van der Waals surface area contributed by atoms with E-state index < -0.39 is 0 Å². The third kappa shape index (κ3) is 1.75. The first-order valence-electron chi connectivity index (χ1n) is 6.07. The van der Waals surface area contributed by atoms with Gasteiger partial charge < -0.3 is 9.47 Å². The number of hydrogen-bond acceptors (Lipinski definition) is 1. The Balaban J connectivity index is 1.88. The zero-order valence-corrected chi connectivity index (χ0v) is 10.2. The summed E-state index contributed by atoms with van der Waals surface area (Å²) in [5, 5.41) is 0.998. The van der Waals surface area contributed by atoms with Crippen LogP contribution >= 0.6 is 0 Å². The molecule has 1 aromatic carbocycles. The Morgan fingerprint density at radius 3 is 2.71 bits per heavy atom. The van der Waals surface area contributed by atoms with Crippen LogP contribution in [0.25, 0.3) is 10.9 Å². The molecule has 1 aromatic heterocycles. The quantitative estimate of drug-likeness (QED) is 0.772. The summed E-state index contributed by atoms with van der Waals surface area (Å²) in [6, 6.07) is 8.30. The van der Waals surface area contributed by atoms with E-state index in [0.717, 1.165) is 10.9 Å². The summed E-state index contributed by atoms with van der Waals surface area (Å²) in [6.07, 6.45) is 4.46. The highest BCUT2D eigenvalue weighted by atomic mass is 19.1. The van der Waals surface area contributed by atoms with Gasteiger partial charge in [0, 0.05) is 29.2 Å². The van der Waals surface area contributed by atoms with E-state index in [1.165, 1.54) is 12.8 Å². The van der Waals surface area contributed by atoms with Crippen LogP contribution in [0.5, 0.6) is 0 Å². The van der Waals surface area contributed by atoms with Gasteiger partial charge in [-0.2, -0.15) is 0 Å². The molecule has 0 bridgehead atoms. The molecule has 1 saturated carbocycles. The summed E-state index contributed by atoms with van der Waals surface area (Å²) in [5.74, 6) is -0.157. The maximum atomic E-state index is 13.1. The van der Waals surface area contributed by atoms with Gasteiger partial charge in [-0.3, -0.25) is 0 Å². The lowest BCUT2D eigenvalue weighted by Crippen LogP contribution is -2.41.